The summed E-state index contributed by atoms with van der Waals surface area (Å²) in [6, 6.07) is 3.97. The number of hydrogen-bond acceptors (Lipinski definition) is 9. The van der Waals surface area contributed by atoms with Crippen molar-refractivity contribution in [2.24, 2.45) is 10.8 Å². The third kappa shape index (κ3) is 9.68. The highest BCUT2D eigenvalue weighted by Gasteiger charge is 2.45. The maximum atomic E-state index is 12.7. The largest absolute Gasteiger partial charge is 0.510 e. The Hall–Kier alpha value is -3.14. The molecule has 1 unspecified atom stereocenters. The van der Waals surface area contributed by atoms with E-state index < -0.39 is 46.7 Å². The van der Waals surface area contributed by atoms with Gasteiger partial charge in [0.1, 0.15) is 0 Å². The SMILES string of the molecule is CCC(C)N[C@@](Cc1ccc(OC(=O)C(C)(C)C)c(OC(=O)C(C)(C)C)c1)(OC(=O)OC(C)C)C(=O)O. The van der Waals surface area contributed by atoms with E-state index >= 15 is 0 Å². The first-order valence-corrected chi connectivity index (χ1v) is 12.3. The number of nitrogens with one attached hydrogen (secondary N) is 1. The Morgan fingerprint density at radius 1 is 0.892 bits per heavy atom. The van der Waals surface area contributed by atoms with Gasteiger partial charge in [-0.1, -0.05) is 13.0 Å². The molecule has 0 saturated carbocycles. The summed E-state index contributed by atoms with van der Waals surface area (Å²) in [6.45, 7) is 16.9. The van der Waals surface area contributed by atoms with Crippen molar-refractivity contribution in [3.8, 4) is 11.5 Å². The highest BCUT2D eigenvalue weighted by molar-refractivity contribution is 5.82. The number of hydrogen-bond donors (Lipinski definition) is 2. The van der Waals surface area contributed by atoms with Crippen LogP contribution in [0.3, 0.4) is 0 Å². The van der Waals surface area contributed by atoms with Crippen LogP contribution < -0.4 is 14.8 Å². The summed E-state index contributed by atoms with van der Waals surface area (Å²) in [6.07, 6.45) is -1.47. The van der Waals surface area contributed by atoms with E-state index in [4.69, 9.17) is 18.9 Å². The molecule has 2 N–H and O–H groups in total. The molecule has 1 aromatic rings. The number of carboxylic acids is 1. The highest BCUT2D eigenvalue weighted by atomic mass is 16.7. The minimum absolute atomic E-state index is 0.00257. The van der Waals surface area contributed by atoms with E-state index in [1.165, 1.54) is 18.2 Å². The molecule has 2 atom stereocenters. The lowest BCUT2D eigenvalue weighted by molar-refractivity contribution is -0.167. The molecule has 10 nitrogen and oxygen atoms in total. The third-order valence-corrected chi connectivity index (χ3v) is 5.12. The molecule has 208 valence electrons. The number of carbonyl (C=O) groups is 4. The summed E-state index contributed by atoms with van der Waals surface area (Å²) in [4.78, 5) is 50.0. The second-order valence-corrected chi connectivity index (χ2v) is 11.3. The van der Waals surface area contributed by atoms with Crippen LogP contribution in [-0.4, -0.2) is 47.0 Å². The number of carbonyl (C=O) groups excluding carboxylic acids is 3. The summed E-state index contributed by atoms with van der Waals surface area (Å²) in [7, 11) is 0. The fourth-order valence-corrected chi connectivity index (χ4v) is 2.78. The van der Waals surface area contributed by atoms with Gasteiger partial charge >= 0.3 is 24.1 Å². The Labute approximate surface area is 219 Å². The van der Waals surface area contributed by atoms with Crippen LogP contribution in [0.2, 0.25) is 0 Å². The van der Waals surface area contributed by atoms with Gasteiger partial charge in [-0.2, -0.15) is 0 Å². The van der Waals surface area contributed by atoms with Crippen molar-refractivity contribution < 1.29 is 43.2 Å². The highest BCUT2D eigenvalue weighted by Crippen LogP contribution is 2.34. The molecule has 0 aliphatic heterocycles. The smallest absolute Gasteiger partial charge is 0.477 e. The van der Waals surface area contributed by atoms with Gasteiger partial charge < -0.3 is 24.1 Å². The lowest BCUT2D eigenvalue weighted by atomic mass is 9.97. The normalized spacial score (nSPS) is 14.4. The molecular formula is C27H41NO9. The van der Waals surface area contributed by atoms with Gasteiger partial charge in [-0.05, 0) is 86.4 Å². The molecule has 10 heteroatoms. The van der Waals surface area contributed by atoms with E-state index in [-0.39, 0.29) is 24.0 Å². The molecule has 1 aromatic carbocycles. The molecular weight excluding hydrogens is 482 g/mol. The summed E-state index contributed by atoms with van der Waals surface area (Å²) in [5, 5.41) is 13.0. The lowest BCUT2D eigenvalue weighted by Gasteiger charge is -2.33. The summed E-state index contributed by atoms with van der Waals surface area (Å²) in [5.41, 5.74) is -3.54. The average Bonchev–Trinajstić information content (AvgIpc) is 2.72. The Kier molecular flexibility index (Phi) is 10.7. The van der Waals surface area contributed by atoms with Crippen LogP contribution in [0.4, 0.5) is 4.79 Å². The fraction of sp³-hybridized carbons (Fsp3) is 0.630. The predicted octanol–water partition coefficient (Wildman–Crippen LogP) is 4.86. The molecule has 0 amide bonds. The molecule has 1 rings (SSSR count). The molecule has 0 bridgehead atoms. The minimum atomic E-state index is -2.18. The van der Waals surface area contributed by atoms with Crippen molar-refractivity contribution in [3.63, 3.8) is 0 Å². The fourth-order valence-electron chi connectivity index (χ4n) is 2.78. The first-order chi connectivity index (χ1) is 16.8. The van der Waals surface area contributed by atoms with Crippen molar-refractivity contribution in [2.75, 3.05) is 0 Å². The van der Waals surface area contributed by atoms with Crippen LogP contribution in [0, 0.1) is 10.8 Å². The zero-order chi connectivity index (χ0) is 28.8. The minimum Gasteiger partial charge on any atom is -0.477 e. The van der Waals surface area contributed by atoms with Crippen molar-refractivity contribution in [1.29, 1.82) is 0 Å². The van der Waals surface area contributed by atoms with E-state index in [0.29, 0.717) is 12.0 Å². The molecule has 0 fully saturated rings. The van der Waals surface area contributed by atoms with Gasteiger partial charge in [0.25, 0.3) is 5.72 Å². The van der Waals surface area contributed by atoms with Gasteiger partial charge in [0, 0.05) is 12.5 Å². The van der Waals surface area contributed by atoms with E-state index in [9.17, 15) is 24.3 Å². The summed E-state index contributed by atoms with van der Waals surface area (Å²) < 4.78 is 21.4. The second kappa shape index (κ2) is 12.4. The zero-order valence-corrected chi connectivity index (χ0v) is 23.5. The van der Waals surface area contributed by atoms with E-state index in [2.05, 4.69) is 5.32 Å². The van der Waals surface area contributed by atoms with E-state index in [1.54, 1.807) is 62.3 Å². The van der Waals surface area contributed by atoms with Gasteiger partial charge in [-0.3, -0.25) is 14.9 Å². The van der Waals surface area contributed by atoms with Crippen LogP contribution in [0.5, 0.6) is 11.5 Å². The first-order valence-electron chi connectivity index (χ1n) is 12.3. The Balaban J connectivity index is 3.56. The standard InChI is InChI=1S/C27H41NO9/c1-11-17(4)28-27(21(29)30,37-24(33)34-16(2)3)15-18-12-13-19(35-22(31)25(5,6)7)20(14-18)36-23(32)26(8,9)10/h12-14,16-17,28H,11,15H2,1-10H3,(H,29,30)/t17?,27-/m0/s1. The van der Waals surface area contributed by atoms with E-state index in [0.717, 1.165) is 0 Å². The lowest BCUT2D eigenvalue weighted by Crippen LogP contribution is -2.59. The Bertz CT molecular complexity index is 989. The van der Waals surface area contributed by atoms with Crippen molar-refractivity contribution in [1.82, 2.24) is 5.32 Å². The average molecular weight is 524 g/mol. The molecule has 0 radical (unpaired) electrons. The maximum Gasteiger partial charge on any atom is 0.510 e. The van der Waals surface area contributed by atoms with Crippen LogP contribution >= 0.6 is 0 Å². The molecule has 0 heterocycles. The Morgan fingerprint density at radius 2 is 1.41 bits per heavy atom. The molecule has 0 spiro atoms. The number of aliphatic carboxylic acids is 1. The maximum absolute atomic E-state index is 12.7. The van der Waals surface area contributed by atoms with Crippen LogP contribution in [0.25, 0.3) is 0 Å². The van der Waals surface area contributed by atoms with Gasteiger partial charge in [0.05, 0.1) is 16.9 Å². The quantitative estimate of drug-likeness (QED) is 0.248. The molecule has 0 saturated heterocycles. The zero-order valence-electron chi connectivity index (χ0n) is 23.5. The van der Waals surface area contributed by atoms with Crippen LogP contribution in [0.1, 0.15) is 81.2 Å². The van der Waals surface area contributed by atoms with E-state index in [1.807, 2.05) is 6.92 Å². The first kappa shape index (κ1) is 31.9. The predicted molar refractivity (Wildman–Crippen MR) is 136 cm³/mol. The molecule has 0 aliphatic rings. The second-order valence-electron chi connectivity index (χ2n) is 11.3. The van der Waals surface area contributed by atoms with Crippen molar-refractivity contribution in [3.05, 3.63) is 23.8 Å². The molecule has 37 heavy (non-hydrogen) atoms. The third-order valence-electron chi connectivity index (χ3n) is 5.12. The summed E-state index contributed by atoms with van der Waals surface area (Å²) >= 11 is 0. The molecule has 0 aromatic heterocycles. The van der Waals surface area contributed by atoms with Crippen molar-refractivity contribution in [2.45, 2.75) is 99.9 Å². The number of benzene rings is 1. The monoisotopic (exact) mass is 523 g/mol. The van der Waals surface area contributed by atoms with Gasteiger partial charge in [0.2, 0.25) is 0 Å². The topological polar surface area (TPSA) is 137 Å². The number of rotatable bonds is 10. The van der Waals surface area contributed by atoms with Crippen molar-refractivity contribution >= 4 is 24.1 Å². The Morgan fingerprint density at radius 3 is 1.84 bits per heavy atom. The van der Waals surface area contributed by atoms with Gasteiger partial charge in [-0.25, -0.2) is 9.59 Å². The van der Waals surface area contributed by atoms with Crippen LogP contribution in [0.15, 0.2) is 18.2 Å². The van der Waals surface area contributed by atoms with Gasteiger partial charge in [-0.15, -0.1) is 0 Å². The molecule has 0 aliphatic carbocycles. The summed E-state index contributed by atoms with van der Waals surface area (Å²) in [5.74, 6) is -2.65. The van der Waals surface area contributed by atoms with Crippen LogP contribution in [-0.2, 0) is 30.3 Å². The van der Waals surface area contributed by atoms with Gasteiger partial charge in [0.15, 0.2) is 11.5 Å². The number of ether oxygens (including phenoxy) is 4. The number of esters is 2. The number of carboxylic acid groups (broad SMARTS) is 1.